The van der Waals surface area contributed by atoms with Crippen LogP contribution in [-0.2, 0) is 15.6 Å². The average molecular weight is 423 g/mol. The van der Waals surface area contributed by atoms with E-state index in [9.17, 15) is 13.2 Å². The van der Waals surface area contributed by atoms with Crippen LogP contribution in [0.25, 0.3) is 0 Å². The van der Waals surface area contributed by atoms with E-state index in [0.29, 0.717) is 18.0 Å². The summed E-state index contributed by atoms with van der Waals surface area (Å²) in [5, 5.41) is 3.17. The minimum atomic E-state index is -3.50. The van der Waals surface area contributed by atoms with Crippen molar-refractivity contribution in [1.29, 1.82) is 0 Å². The molecule has 0 saturated carbocycles. The highest BCUT2D eigenvalue weighted by molar-refractivity contribution is 7.90. The van der Waals surface area contributed by atoms with Gasteiger partial charge in [-0.3, -0.25) is 4.79 Å². The Labute approximate surface area is 173 Å². The van der Waals surface area contributed by atoms with Crippen molar-refractivity contribution in [3.63, 3.8) is 0 Å². The summed E-state index contributed by atoms with van der Waals surface area (Å²) in [6, 6.07) is 15.5. The van der Waals surface area contributed by atoms with Gasteiger partial charge in [0.05, 0.1) is 10.6 Å². The molecular weight excluding hydrogens is 396 g/mol. The van der Waals surface area contributed by atoms with Crippen LogP contribution in [0, 0.1) is 5.92 Å². The molecule has 0 bridgehead atoms. The Hall–Kier alpha value is -1.89. The molecule has 1 saturated heterocycles. The SMILES string of the molecule is CNCC1CCCN(C(=O)c2cccc(S(=O)(=O)Cc3ccccc3)c2)C1.Cl. The van der Waals surface area contributed by atoms with Gasteiger partial charge in [-0.1, -0.05) is 36.4 Å². The van der Waals surface area contributed by atoms with E-state index in [4.69, 9.17) is 0 Å². The fourth-order valence-corrected chi connectivity index (χ4v) is 4.98. The molecule has 3 rings (SSSR count). The number of hydrogen-bond acceptors (Lipinski definition) is 4. The van der Waals surface area contributed by atoms with Gasteiger partial charge in [-0.15, -0.1) is 12.4 Å². The van der Waals surface area contributed by atoms with Crippen LogP contribution in [0.4, 0.5) is 0 Å². The lowest BCUT2D eigenvalue weighted by molar-refractivity contribution is 0.0674. The maximum atomic E-state index is 12.9. The van der Waals surface area contributed by atoms with Crippen LogP contribution in [0.3, 0.4) is 0 Å². The highest BCUT2D eigenvalue weighted by atomic mass is 35.5. The molecule has 1 atom stereocenters. The molecule has 28 heavy (non-hydrogen) atoms. The molecular formula is C21H27ClN2O3S. The van der Waals surface area contributed by atoms with E-state index in [0.717, 1.165) is 31.5 Å². The summed E-state index contributed by atoms with van der Waals surface area (Å²) >= 11 is 0. The molecule has 0 radical (unpaired) electrons. The van der Waals surface area contributed by atoms with E-state index in [2.05, 4.69) is 5.32 Å². The minimum Gasteiger partial charge on any atom is -0.338 e. The van der Waals surface area contributed by atoms with E-state index in [1.54, 1.807) is 30.3 Å². The number of nitrogens with one attached hydrogen (secondary N) is 1. The van der Waals surface area contributed by atoms with Gasteiger partial charge in [-0.25, -0.2) is 8.42 Å². The standard InChI is InChI=1S/C21H26N2O3S.ClH/c1-22-14-18-9-6-12-23(15-18)21(24)19-10-5-11-20(13-19)27(25,26)16-17-7-3-2-4-8-17;/h2-5,7-8,10-11,13,18,22H,6,9,12,14-16H2,1H3;1H. The Balaban J connectivity index is 0.00000280. The minimum absolute atomic E-state index is 0. The Morgan fingerprint density at radius 1 is 1.14 bits per heavy atom. The fraction of sp³-hybridized carbons (Fsp3) is 0.381. The summed E-state index contributed by atoms with van der Waals surface area (Å²) in [5.74, 6) is 0.282. The first-order valence-corrected chi connectivity index (χ1v) is 11.0. The summed E-state index contributed by atoms with van der Waals surface area (Å²) in [6.07, 6.45) is 2.08. The lowest BCUT2D eigenvalue weighted by atomic mass is 9.97. The van der Waals surface area contributed by atoms with Crippen LogP contribution in [0.2, 0.25) is 0 Å². The van der Waals surface area contributed by atoms with E-state index in [1.807, 2.05) is 30.1 Å². The molecule has 152 valence electrons. The van der Waals surface area contributed by atoms with Gasteiger partial charge in [0.1, 0.15) is 0 Å². The largest absolute Gasteiger partial charge is 0.338 e. The van der Waals surface area contributed by atoms with Crippen molar-refractivity contribution in [1.82, 2.24) is 10.2 Å². The normalized spacial score (nSPS) is 17.0. The van der Waals surface area contributed by atoms with Crippen LogP contribution < -0.4 is 5.32 Å². The Kier molecular flexibility index (Phi) is 8.04. The van der Waals surface area contributed by atoms with Crippen molar-refractivity contribution in [2.24, 2.45) is 5.92 Å². The highest BCUT2D eigenvalue weighted by Gasteiger charge is 2.25. The first kappa shape index (κ1) is 22.4. The molecule has 1 aliphatic rings. The van der Waals surface area contributed by atoms with Crippen molar-refractivity contribution in [2.45, 2.75) is 23.5 Å². The Morgan fingerprint density at radius 2 is 1.89 bits per heavy atom. The molecule has 0 aliphatic carbocycles. The van der Waals surface area contributed by atoms with Crippen LogP contribution >= 0.6 is 12.4 Å². The molecule has 0 aromatic heterocycles. The van der Waals surface area contributed by atoms with Crippen LogP contribution in [0.1, 0.15) is 28.8 Å². The molecule has 1 fully saturated rings. The van der Waals surface area contributed by atoms with Crippen molar-refractivity contribution < 1.29 is 13.2 Å². The van der Waals surface area contributed by atoms with E-state index >= 15 is 0 Å². The number of likely N-dealkylation sites (tertiary alicyclic amines) is 1. The van der Waals surface area contributed by atoms with Gasteiger partial charge < -0.3 is 10.2 Å². The summed E-state index contributed by atoms with van der Waals surface area (Å²) in [4.78, 5) is 14.9. The van der Waals surface area contributed by atoms with E-state index in [-0.39, 0.29) is 29.0 Å². The predicted octanol–water partition coefficient (Wildman–Crippen LogP) is 3.15. The number of amides is 1. The zero-order chi connectivity index (χ0) is 19.3. The molecule has 1 amide bonds. The monoisotopic (exact) mass is 422 g/mol. The Morgan fingerprint density at radius 3 is 2.61 bits per heavy atom. The van der Waals surface area contributed by atoms with Gasteiger partial charge >= 0.3 is 0 Å². The first-order valence-electron chi connectivity index (χ1n) is 9.30. The molecule has 1 aliphatic heterocycles. The van der Waals surface area contributed by atoms with Gasteiger partial charge in [0.25, 0.3) is 5.91 Å². The summed E-state index contributed by atoms with van der Waals surface area (Å²) in [6.45, 7) is 2.32. The molecule has 1 heterocycles. The molecule has 1 unspecified atom stereocenters. The zero-order valence-electron chi connectivity index (χ0n) is 16.0. The molecule has 2 aromatic rings. The Bertz CT molecular complexity index is 886. The van der Waals surface area contributed by atoms with Gasteiger partial charge in [0, 0.05) is 18.7 Å². The highest BCUT2D eigenvalue weighted by Crippen LogP contribution is 2.21. The van der Waals surface area contributed by atoms with Crippen LogP contribution in [0.5, 0.6) is 0 Å². The summed E-state index contributed by atoms with van der Waals surface area (Å²) in [7, 11) is -1.58. The lowest BCUT2D eigenvalue weighted by Gasteiger charge is -2.32. The second-order valence-electron chi connectivity index (χ2n) is 7.09. The molecule has 0 spiro atoms. The van der Waals surface area contributed by atoms with E-state index in [1.165, 1.54) is 6.07 Å². The number of halogens is 1. The third kappa shape index (κ3) is 5.56. The fourth-order valence-electron chi connectivity index (χ4n) is 3.59. The number of benzene rings is 2. The van der Waals surface area contributed by atoms with Crippen molar-refractivity contribution in [3.8, 4) is 0 Å². The third-order valence-electron chi connectivity index (χ3n) is 4.94. The summed E-state index contributed by atoms with van der Waals surface area (Å²) in [5.41, 5.74) is 1.18. The summed E-state index contributed by atoms with van der Waals surface area (Å²) < 4.78 is 25.5. The smallest absolute Gasteiger partial charge is 0.253 e. The first-order chi connectivity index (χ1) is 13.0. The number of hydrogen-bond donors (Lipinski definition) is 1. The number of carbonyl (C=O) groups excluding carboxylic acids is 1. The number of piperidine rings is 1. The second kappa shape index (κ2) is 10.0. The van der Waals surface area contributed by atoms with Crippen LogP contribution in [0.15, 0.2) is 59.5 Å². The second-order valence-corrected chi connectivity index (χ2v) is 9.08. The maximum absolute atomic E-state index is 12.9. The van der Waals surface area contributed by atoms with Crippen molar-refractivity contribution in [3.05, 3.63) is 65.7 Å². The van der Waals surface area contributed by atoms with Gasteiger partial charge in [0.15, 0.2) is 9.84 Å². The molecule has 7 heteroatoms. The number of carbonyl (C=O) groups is 1. The van der Waals surface area contributed by atoms with Gasteiger partial charge in [-0.05, 0) is 56.1 Å². The van der Waals surface area contributed by atoms with Crippen molar-refractivity contribution in [2.75, 3.05) is 26.7 Å². The van der Waals surface area contributed by atoms with Gasteiger partial charge in [-0.2, -0.15) is 0 Å². The van der Waals surface area contributed by atoms with Crippen molar-refractivity contribution >= 4 is 28.2 Å². The number of rotatable bonds is 6. The van der Waals surface area contributed by atoms with E-state index < -0.39 is 9.84 Å². The molecule has 1 N–H and O–H groups in total. The molecule has 2 aromatic carbocycles. The third-order valence-corrected chi connectivity index (χ3v) is 6.62. The van der Waals surface area contributed by atoms with Gasteiger partial charge in [0.2, 0.25) is 0 Å². The molecule has 5 nitrogen and oxygen atoms in total. The average Bonchev–Trinajstić information content (AvgIpc) is 2.68. The maximum Gasteiger partial charge on any atom is 0.253 e. The number of sulfone groups is 1. The van der Waals surface area contributed by atoms with Crippen LogP contribution in [-0.4, -0.2) is 45.9 Å². The lowest BCUT2D eigenvalue weighted by Crippen LogP contribution is -2.42. The zero-order valence-corrected chi connectivity index (χ0v) is 17.6. The predicted molar refractivity (Wildman–Crippen MR) is 114 cm³/mol. The quantitative estimate of drug-likeness (QED) is 0.776. The number of nitrogens with zero attached hydrogens (tertiary/aromatic N) is 1. The topological polar surface area (TPSA) is 66.5 Å².